The van der Waals surface area contributed by atoms with E-state index in [9.17, 15) is 19.4 Å². The van der Waals surface area contributed by atoms with Gasteiger partial charge in [-0.3, -0.25) is 13.8 Å². The SMILES string of the molecule is CC/C=C\C/C=C\C/C=C\CCCCCC(=O)OC(COCCCCCCCCCC/C=C\C/C=C\CCCCCC)COP(=O)(O)OCC(O)CO. The topological polar surface area (TPSA) is 132 Å². The zero-order valence-corrected chi connectivity index (χ0v) is 34.4. The lowest BCUT2D eigenvalue weighted by Gasteiger charge is -2.20. The van der Waals surface area contributed by atoms with E-state index in [0.29, 0.717) is 13.0 Å². The van der Waals surface area contributed by atoms with E-state index in [0.717, 1.165) is 70.6 Å². The van der Waals surface area contributed by atoms with Crippen LogP contribution in [0, 0.1) is 0 Å². The van der Waals surface area contributed by atoms with Crippen LogP contribution in [0.2, 0.25) is 0 Å². The molecule has 0 heterocycles. The highest BCUT2D eigenvalue weighted by Gasteiger charge is 2.26. The molecule has 0 aromatic carbocycles. The van der Waals surface area contributed by atoms with Gasteiger partial charge in [-0.05, 0) is 77.0 Å². The number of carbonyl (C=O) groups excluding carboxylic acids is 1. The van der Waals surface area contributed by atoms with Crippen LogP contribution in [0.3, 0.4) is 0 Å². The van der Waals surface area contributed by atoms with Crippen LogP contribution in [-0.2, 0) is 27.9 Å². The Morgan fingerprint density at radius 2 is 1.08 bits per heavy atom. The number of esters is 1. The molecule has 0 aromatic rings. The van der Waals surface area contributed by atoms with Gasteiger partial charge in [-0.25, -0.2) is 4.57 Å². The van der Waals surface area contributed by atoms with E-state index in [4.69, 9.17) is 23.6 Å². The number of phosphoric acid groups is 1. The molecule has 53 heavy (non-hydrogen) atoms. The Balaban J connectivity index is 4.22. The highest BCUT2D eigenvalue weighted by molar-refractivity contribution is 7.47. The number of allylic oxidation sites excluding steroid dienone is 10. The van der Waals surface area contributed by atoms with Crippen molar-refractivity contribution in [2.45, 2.75) is 174 Å². The van der Waals surface area contributed by atoms with Gasteiger partial charge in [0.15, 0.2) is 0 Å². The molecule has 0 rings (SSSR count). The Morgan fingerprint density at radius 1 is 0.604 bits per heavy atom. The van der Waals surface area contributed by atoms with Gasteiger partial charge in [0, 0.05) is 13.0 Å². The quantitative estimate of drug-likeness (QED) is 0.0242. The van der Waals surface area contributed by atoms with Crippen LogP contribution in [0.5, 0.6) is 0 Å². The third-order valence-corrected chi connectivity index (χ3v) is 9.39. The summed E-state index contributed by atoms with van der Waals surface area (Å²) in [7, 11) is -4.53. The molecule has 308 valence electrons. The van der Waals surface area contributed by atoms with Gasteiger partial charge >= 0.3 is 13.8 Å². The number of ether oxygens (including phenoxy) is 2. The first-order valence-electron chi connectivity index (χ1n) is 20.8. The molecule has 0 saturated carbocycles. The number of carbonyl (C=O) groups is 1. The van der Waals surface area contributed by atoms with E-state index in [1.807, 2.05) is 0 Å². The molecule has 0 fully saturated rings. The normalized spacial score (nSPS) is 14.7. The summed E-state index contributed by atoms with van der Waals surface area (Å²) in [4.78, 5) is 22.5. The van der Waals surface area contributed by atoms with Crippen LogP contribution >= 0.6 is 7.82 Å². The molecule has 0 spiro atoms. The van der Waals surface area contributed by atoms with E-state index in [1.165, 1.54) is 64.2 Å². The zero-order valence-electron chi connectivity index (χ0n) is 33.5. The summed E-state index contributed by atoms with van der Waals surface area (Å²) < 4.78 is 33.3. The summed E-state index contributed by atoms with van der Waals surface area (Å²) >= 11 is 0. The maximum absolute atomic E-state index is 12.6. The smallest absolute Gasteiger partial charge is 0.457 e. The van der Waals surface area contributed by atoms with Crippen molar-refractivity contribution >= 4 is 13.8 Å². The number of hydrogen-bond acceptors (Lipinski definition) is 8. The maximum Gasteiger partial charge on any atom is 0.472 e. The fourth-order valence-electron chi connectivity index (χ4n) is 5.28. The molecular weight excluding hydrogens is 691 g/mol. The van der Waals surface area contributed by atoms with Gasteiger partial charge in [0.05, 0.1) is 26.4 Å². The maximum atomic E-state index is 12.6. The van der Waals surface area contributed by atoms with Gasteiger partial charge in [-0.2, -0.15) is 0 Å². The molecule has 0 radical (unpaired) electrons. The van der Waals surface area contributed by atoms with Crippen LogP contribution in [0.4, 0.5) is 0 Å². The Bertz CT molecular complexity index is 1010. The van der Waals surface area contributed by atoms with E-state index in [1.54, 1.807) is 0 Å². The molecule has 0 aliphatic rings. The summed E-state index contributed by atoms with van der Waals surface area (Å²) in [6.45, 7) is 3.32. The van der Waals surface area contributed by atoms with Gasteiger partial charge in [0.25, 0.3) is 0 Å². The molecule has 0 aliphatic carbocycles. The summed E-state index contributed by atoms with van der Waals surface area (Å²) in [5.41, 5.74) is 0. The van der Waals surface area contributed by atoms with Crippen molar-refractivity contribution in [3.05, 3.63) is 60.8 Å². The van der Waals surface area contributed by atoms with Crippen molar-refractivity contribution in [2.75, 3.05) is 33.0 Å². The average molecular weight is 769 g/mol. The highest BCUT2D eigenvalue weighted by Crippen LogP contribution is 2.43. The van der Waals surface area contributed by atoms with Crippen molar-refractivity contribution in [3.63, 3.8) is 0 Å². The third kappa shape index (κ3) is 39.7. The van der Waals surface area contributed by atoms with Crippen molar-refractivity contribution in [1.82, 2.24) is 0 Å². The highest BCUT2D eigenvalue weighted by atomic mass is 31.2. The first-order chi connectivity index (χ1) is 25.8. The number of aliphatic hydroxyl groups is 2. The Morgan fingerprint density at radius 3 is 1.62 bits per heavy atom. The molecule has 9 nitrogen and oxygen atoms in total. The van der Waals surface area contributed by atoms with E-state index in [2.05, 4.69) is 74.6 Å². The minimum atomic E-state index is -4.53. The molecule has 10 heteroatoms. The summed E-state index contributed by atoms with van der Waals surface area (Å²) in [6.07, 6.45) is 44.7. The van der Waals surface area contributed by atoms with Crippen molar-refractivity contribution in [2.24, 2.45) is 0 Å². The molecule has 0 saturated heterocycles. The second-order valence-electron chi connectivity index (χ2n) is 13.6. The molecule has 0 aliphatic heterocycles. The summed E-state index contributed by atoms with van der Waals surface area (Å²) in [5.74, 6) is -0.416. The van der Waals surface area contributed by atoms with E-state index in [-0.39, 0.29) is 13.0 Å². The molecule has 3 unspecified atom stereocenters. The molecule has 0 aromatic heterocycles. The van der Waals surface area contributed by atoms with Gasteiger partial charge in [-0.1, -0.05) is 139 Å². The fourth-order valence-corrected chi connectivity index (χ4v) is 6.07. The Hall–Kier alpha value is -1.84. The number of unbranched alkanes of at least 4 members (excludes halogenated alkanes) is 15. The van der Waals surface area contributed by atoms with Crippen LogP contribution in [0.25, 0.3) is 0 Å². The lowest BCUT2D eigenvalue weighted by molar-refractivity contribution is -0.154. The third-order valence-electron chi connectivity index (χ3n) is 8.44. The van der Waals surface area contributed by atoms with Gasteiger partial charge in [-0.15, -0.1) is 0 Å². The second kappa shape index (κ2) is 39.8. The summed E-state index contributed by atoms with van der Waals surface area (Å²) in [5, 5.41) is 18.3. The zero-order chi connectivity index (χ0) is 38.9. The Labute approximate surface area is 323 Å². The largest absolute Gasteiger partial charge is 0.472 e. The Kier molecular flexibility index (Phi) is 38.5. The number of aliphatic hydroxyl groups excluding tert-OH is 2. The lowest BCUT2D eigenvalue weighted by Crippen LogP contribution is -2.29. The first-order valence-corrected chi connectivity index (χ1v) is 22.3. The fraction of sp³-hybridized carbons (Fsp3) is 0.744. The lowest BCUT2D eigenvalue weighted by atomic mass is 10.1. The van der Waals surface area contributed by atoms with Crippen LogP contribution in [0.1, 0.15) is 162 Å². The molecule has 0 amide bonds. The minimum Gasteiger partial charge on any atom is -0.457 e. The monoisotopic (exact) mass is 769 g/mol. The molecule has 3 N–H and O–H groups in total. The van der Waals surface area contributed by atoms with Gasteiger partial charge in [0.1, 0.15) is 12.2 Å². The number of phosphoric ester groups is 1. The van der Waals surface area contributed by atoms with Crippen LogP contribution in [0.15, 0.2) is 60.8 Å². The van der Waals surface area contributed by atoms with Crippen molar-refractivity contribution < 1.29 is 43.0 Å². The predicted octanol–water partition coefficient (Wildman–Crippen LogP) is 11.2. The van der Waals surface area contributed by atoms with Crippen LogP contribution < -0.4 is 0 Å². The second-order valence-corrected chi connectivity index (χ2v) is 15.1. The average Bonchev–Trinajstić information content (AvgIpc) is 3.15. The van der Waals surface area contributed by atoms with E-state index >= 15 is 0 Å². The number of hydrogen-bond donors (Lipinski definition) is 3. The molecule has 3 atom stereocenters. The van der Waals surface area contributed by atoms with Crippen LogP contribution in [-0.4, -0.2) is 66.3 Å². The van der Waals surface area contributed by atoms with E-state index < -0.39 is 45.8 Å². The first kappa shape index (κ1) is 51.2. The molecular formula is C43H77O9P. The van der Waals surface area contributed by atoms with Gasteiger partial charge in [0.2, 0.25) is 0 Å². The van der Waals surface area contributed by atoms with Gasteiger partial charge < -0.3 is 24.6 Å². The predicted molar refractivity (Wildman–Crippen MR) is 219 cm³/mol. The molecule has 0 bridgehead atoms. The summed E-state index contributed by atoms with van der Waals surface area (Å²) in [6, 6.07) is 0. The van der Waals surface area contributed by atoms with Crippen molar-refractivity contribution in [3.8, 4) is 0 Å². The number of rotatable bonds is 39. The van der Waals surface area contributed by atoms with Crippen molar-refractivity contribution in [1.29, 1.82) is 0 Å². The standard InChI is InChI=1S/C43H77O9P/c1-3-5-7-9-11-13-15-17-18-19-20-21-22-24-26-28-30-32-34-36-49-39-42(40-51-53(47,48)50-38-41(45)37-44)52-43(46)35-33-31-29-27-25-23-16-14-12-10-8-6-4-2/h6,8,12-15,18-19,23,25,41-42,44-45H,3-5,7,9-11,16-17,20-22,24,26-40H2,1-2H3,(H,47,48)/b8-6-,14-12-,15-13-,19-18-,25-23-. The minimum absolute atomic E-state index is 0.0307.